The highest BCUT2D eigenvalue weighted by molar-refractivity contribution is 9.11. The molecule has 90 valence electrons. The minimum atomic E-state index is -0.566. The number of rotatable bonds is 1. The largest absolute Gasteiger partial charge is 0.399 e. The van der Waals surface area contributed by atoms with E-state index in [1.165, 1.54) is 0 Å². The SMILES string of the molecule is N#Cc1c(F)c(Br)cc(-c2ccc(N)cc2)c1Br. The second kappa shape index (κ2) is 5.09. The third-order valence-electron chi connectivity index (χ3n) is 2.49. The van der Waals surface area contributed by atoms with Crippen LogP contribution < -0.4 is 5.73 Å². The number of halogens is 3. The Morgan fingerprint density at radius 2 is 1.78 bits per heavy atom. The van der Waals surface area contributed by atoms with Crippen LogP contribution in [0.25, 0.3) is 11.1 Å². The van der Waals surface area contributed by atoms with Crippen LogP contribution in [-0.2, 0) is 0 Å². The van der Waals surface area contributed by atoms with Crippen molar-refractivity contribution < 1.29 is 4.39 Å². The second-order valence-corrected chi connectivity index (χ2v) is 5.29. The van der Waals surface area contributed by atoms with E-state index in [0.29, 0.717) is 10.2 Å². The molecule has 0 radical (unpaired) electrons. The average molecular weight is 370 g/mol. The molecule has 0 saturated heterocycles. The summed E-state index contributed by atoms with van der Waals surface area (Å²) in [4.78, 5) is 0. The fourth-order valence-electron chi connectivity index (χ4n) is 1.57. The zero-order valence-electron chi connectivity index (χ0n) is 9.05. The van der Waals surface area contributed by atoms with E-state index in [0.717, 1.165) is 11.1 Å². The molecule has 2 nitrogen and oxygen atoms in total. The Balaban J connectivity index is 2.70. The summed E-state index contributed by atoms with van der Waals surface area (Å²) in [6.07, 6.45) is 0. The lowest BCUT2D eigenvalue weighted by atomic mass is 10.0. The third-order valence-corrected chi connectivity index (χ3v) is 3.89. The predicted molar refractivity (Wildman–Crippen MR) is 76.4 cm³/mol. The van der Waals surface area contributed by atoms with Crippen molar-refractivity contribution in [2.24, 2.45) is 0 Å². The molecule has 2 aromatic carbocycles. The molecular weight excluding hydrogens is 363 g/mol. The topological polar surface area (TPSA) is 49.8 Å². The van der Waals surface area contributed by atoms with E-state index in [1.54, 1.807) is 18.2 Å². The van der Waals surface area contributed by atoms with Crippen LogP contribution in [0, 0.1) is 17.1 Å². The maximum atomic E-state index is 13.7. The lowest BCUT2D eigenvalue weighted by Crippen LogP contribution is -1.92. The smallest absolute Gasteiger partial charge is 0.156 e. The molecule has 0 bridgehead atoms. The normalized spacial score (nSPS) is 10.1. The van der Waals surface area contributed by atoms with Gasteiger partial charge in [-0.3, -0.25) is 0 Å². The molecular formula is C13H7Br2FN2. The van der Waals surface area contributed by atoms with Gasteiger partial charge in [0.2, 0.25) is 0 Å². The predicted octanol–water partition coefficient (Wildman–Crippen LogP) is 4.47. The Bertz CT molecular complexity index is 646. The van der Waals surface area contributed by atoms with Crippen LogP contribution in [-0.4, -0.2) is 0 Å². The Hall–Kier alpha value is -1.38. The maximum absolute atomic E-state index is 13.7. The molecule has 0 saturated carbocycles. The van der Waals surface area contributed by atoms with Crippen LogP contribution >= 0.6 is 31.9 Å². The fourth-order valence-corrected chi connectivity index (χ4v) is 2.61. The lowest BCUT2D eigenvalue weighted by molar-refractivity contribution is 0.616. The van der Waals surface area contributed by atoms with Gasteiger partial charge in [0.05, 0.1) is 4.47 Å². The monoisotopic (exact) mass is 368 g/mol. The summed E-state index contributed by atoms with van der Waals surface area (Å²) >= 11 is 6.38. The Kier molecular flexibility index (Phi) is 3.69. The molecule has 0 aliphatic carbocycles. The first-order valence-corrected chi connectivity index (χ1v) is 6.56. The maximum Gasteiger partial charge on any atom is 0.156 e. The van der Waals surface area contributed by atoms with Gasteiger partial charge in [0.1, 0.15) is 11.6 Å². The molecule has 0 aliphatic rings. The zero-order chi connectivity index (χ0) is 13.3. The highest BCUT2D eigenvalue weighted by atomic mass is 79.9. The van der Waals surface area contributed by atoms with Crippen LogP contribution in [0.15, 0.2) is 39.3 Å². The van der Waals surface area contributed by atoms with Crippen molar-refractivity contribution in [2.45, 2.75) is 0 Å². The molecule has 0 aromatic heterocycles. The van der Waals surface area contributed by atoms with Gasteiger partial charge in [0, 0.05) is 10.2 Å². The highest BCUT2D eigenvalue weighted by Crippen LogP contribution is 2.36. The van der Waals surface area contributed by atoms with Gasteiger partial charge in [-0.2, -0.15) is 5.26 Å². The Morgan fingerprint density at radius 3 is 2.33 bits per heavy atom. The Morgan fingerprint density at radius 1 is 1.17 bits per heavy atom. The second-order valence-electron chi connectivity index (χ2n) is 3.64. The molecule has 0 heterocycles. The minimum Gasteiger partial charge on any atom is -0.399 e. The summed E-state index contributed by atoms with van der Waals surface area (Å²) in [5, 5.41) is 8.98. The number of nitrogens with two attached hydrogens (primary N) is 1. The van der Waals surface area contributed by atoms with Gasteiger partial charge in [-0.25, -0.2) is 4.39 Å². The summed E-state index contributed by atoms with van der Waals surface area (Å²) < 4.78 is 14.4. The van der Waals surface area contributed by atoms with Crippen LogP contribution in [0.3, 0.4) is 0 Å². The van der Waals surface area contributed by atoms with Crippen molar-refractivity contribution in [3.05, 3.63) is 50.7 Å². The van der Waals surface area contributed by atoms with Crippen molar-refractivity contribution >= 4 is 37.5 Å². The first-order valence-electron chi connectivity index (χ1n) is 4.98. The van der Waals surface area contributed by atoms with E-state index in [9.17, 15) is 4.39 Å². The Labute approximate surface area is 120 Å². The highest BCUT2D eigenvalue weighted by Gasteiger charge is 2.16. The van der Waals surface area contributed by atoms with Crippen LogP contribution in [0.5, 0.6) is 0 Å². The van der Waals surface area contributed by atoms with Gasteiger partial charge < -0.3 is 5.73 Å². The molecule has 0 spiro atoms. The molecule has 0 amide bonds. The van der Waals surface area contributed by atoms with Gasteiger partial charge in [-0.15, -0.1) is 0 Å². The summed E-state index contributed by atoms with van der Waals surface area (Å²) in [7, 11) is 0. The van der Waals surface area contributed by atoms with E-state index in [2.05, 4.69) is 31.9 Å². The molecule has 2 rings (SSSR count). The van der Waals surface area contributed by atoms with Gasteiger partial charge in [-0.1, -0.05) is 12.1 Å². The average Bonchev–Trinajstić information content (AvgIpc) is 2.36. The number of nitriles is 1. The molecule has 2 aromatic rings. The van der Waals surface area contributed by atoms with Crippen molar-refractivity contribution in [2.75, 3.05) is 5.73 Å². The van der Waals surface area contributed by atoms with Crippen LogP contribution in [0.1, 0.15) is 5.56 Å². The molecule has 2 N–H and O–H groups in total. The number of nitrogens with zero attached hydrogens (tertiary/aromatic N) is 1. The van der Waals surface area contributed by atoms with E-state index < -0.39 is 5.82 Å². The van der Waals surface area contributed by atoms with Crippen molar-refractivity contribution in [1.29, 1.82) is 5.26 Å². The molecule has 0 atom stereocenters. The summed E-state index contributed by atoms with van der Waals surface area (Å²) in [6, 6.07) is 10.6. The number of hydrogen-bond donors (Lipinski definition) is 1. The van der Waals surface area contributed by atoms with Crippen LogP contribution in [0.4, 0.5) is 10.1 Å². The number of anilines is 1. The number of nitrogen functional groups attached to an aromatic ring is 1. The molecule has 18 heavy (non-hydrogen) atoms. The van der Waals surface area contributed by atoms with E-state index >= 15 is 0 Å². The van der Waals surface area contributed by atoms with Gasteiger partial charge in [0.25, 0.3) is 0 Å². The summed E-state index contributed by atoms with van der Waals surface area (Å²) in [5.74, 6) is -0.566. The molecule has 0 aliphatic heterocycles. The van der Waals surface area contributed by atoms with Crippen molar-refractivity contribution in [3.8, 4) is 17.2 Å². The minimum absolute atomic E-state index is 0.0174. The zero-order valence-corrected chi connectivity index (χ0v) is 12.2. The van der Waals surface area contributed by atoms with E-state index in [1.807, 2.05) is 18.2 Å². The lowest BCUT2D eigenvalue weighted by Gasteiger charge is -2.09. The van der Waals surface area contributed by atoms with Crippen molar-refractivity contribution in [1.82, 2.24) is 0 Å². The summed E-state index contributed by atoms with van der Waals surface area (Å²) in [5.41, 5.74) is 7.84. The van der Waals surface area contributed by atoms with Gasteiger partial charge >= 0.3 is 0 Å². The van der Waals surface area contributed by atoms with Gasteiger partial charge in [-0.05, 0) is 61.2 Å². The van der Waals surface area contributed by atoms with Gasteiger partial charge in [0.15, 0.2) is 5.82 Å². The first kappa shape index (κ1) is 13.1. The molecule has 5 heteroatoms. The number of hydrogen-bond acceptors (Lipinski definition) is 2. The van der Waals surface area contributed by atoms with E-state index in [4.69, 9.17) is 11.0 Å². The van der Waals surface area contributed by atoms with Crippen molar-refractivity contribution in [3.63, 3.8) is 0 Å². The third kappa shape index (κ3) is 2.26. The standard InChI is InChI=1S/C13H7Br2FN2/c14-11-5-9(7-1-3-8(18)4-2-7)12(15)10(6-17)13(11)16/h1-5H,18H2. The molecule has 0 fully saturated rings. The van der Waals surface area contributed by atoms with E-state index in [-0.39, 0.29) is 10.0 Å². The molecule has 0 unspecified atom stereocenters. The van der Waals surface area contributed by atoms with Crippen LogP contribution in [0.2, 0.25) is 0 Å². The fraction of sp³-hybridized carbons (Fsp3) is 0. The first-order chi connectivity index (χ1) is 8.54. The number of benzene rings is 2. The quantitative estimate of drug-likeness (QED) is 0.595. The summed E-state index contributed by atoms with van der Waals surface area (Å²) in [6.45, 7) is 0.